The molecule has 0 aromatic carbocycles. The molecule has 3 atom stereocenters. The molecule has 0 rings (SSSR count). The zero-order chi connectivity index (χ0) is 13.4. The summed E-state index contributed by atoms with van der Waals surface area (Å²) in [4.78, 5) is 22.6. The number of urea groups is 1. The number of carboxylic acids is 1. The molecule has 6 heteroatoms. The van der Waals surface area contributed by atoms with Gasteiger partial charge in [-0.1, -0.05) is 20.3 Å². The number of carboxylic acid groups (broad SMARTS) is 1. The Bertz CT molecular complexity index is 261. The standard InChI is InChI=1S/C11H22N2O3S/c1-5-7(2)9(10(14)15)13-11(16)12-8(3)6-17-4/h7-9H,5-6H2,1-4H3,(H,14,15)(H2,12,13,16)/t7-,8?,9-/m0/s1. The molecule has 0 aromatic rings. The molecule has 0 aliphatic heterocycles. The minimum Gasteiger partial charge on any atom is -0.480 e. The molecular formula is C11H22N2O3S. The third-order valence-electron chi connectivity index (χ3n) is 2.56. The summed E-state index contributed by atoms with van der Waals surface area (Å²) in [5.74, 6) is -0.282. The Morgan fingerprint density at radius 3 is 2.29 bits per heavy atom. The highest BCUT2D eigenvalue weighted by molar-refractivity contribution is 7.98. The highest BCUT2D eigenvalue weighted by atomic mass is 32.2. The summed E-state index contributed by atoms with van der Waals surface area (Å²) in [6, 6.07) is -1.22. The van der Waals surface area contributed by atoms with Crippen LogP contribution >= 0.6 is 11.8 Å². The molecule has 0 heterocycles. The second-order valence-corrected chi connectivity index (χ2v) is 5.09. The summed E-state index contributed by atoms with van der Waals surface area (Å²) < 4.78 is 0. The summed E-state index contributed by atoms with van der Waals surface area (Å²) in [6.07, 6.45) is 2.66. The van der Waals surface area contributed by atoms with Crippen LogP contribution in [0.4, 0.5) is 4.79 Å². The number of carbonyl (C=O) groups excluding carboxylic acids is 1. The number of hydrogen-bond donors (Lipinski definition) is 3. The van der Waals surface area contributed by atoms with Crippen molar-refractivity contribution in [2.45, 2.75) is 39.3 Å². The van der Waals surface area contributed by atoms with Gasteiger partial charge in [0.05, 0.1) is 0 Å². The molecule has 17 heavy (non-hydrogen) atoms. The summed E-state index contributed by atoms with van der Waals surface area (Å²) in [5.41, 5.74) is 0. The maximum atomic E-state index is 11.6. The molecule has 1 unspecified atom stereocenters. The maximum absolute atomic E-state index is 11.6. The summed E-state index contributed by atoms with van der Waals surface area (Å²) in [6.45, 7) is 5.59. The van der Waals surface area contributed by atoms with E-state index >= 15 is 0 Å². The number of nitrogens with one attached hydrogen (secondary N) is 2. The number of aliphatic carboxylic acids is 1. The van der Waals surface area contributed by atoms with Gasteiger partial charge in [0, 0.05) is 11.8 Å². The molecule has 0 radical (unpaired) electrons. The van der Waals surface area contributed by atoms with Gasteiger partial charge in [-0.2, -0.15) is 11.8 Å². The number of amides is 2. The third kappa shape index (κ3) is 6.41. The van der Waals surface area contributed by atoms with E-state index in [-0.39, 0.29) is 12.0 Å². The first-order valence-electron chi connectivity index (χ1n) is 5.71. The van der Waals surface area contributed by atoms with Crippen molar-refractivity contribution < 1.29 is 14.7 Å². The predicted octanol–water partition coefficient (Wildman–Crippen LogP) is 1.54. The molecule has 100 valence electrons. The molecular weight excluding hydrogens is 240 g/mol. The first-order valence-corrected chi connectivity index (χ1v) is 7.10. The van der Waals surface area contributed by atoms with Crippen LogP contribution < -0.4 is 10.6 Å². The fourth-order valence-electron chi connectivity index (χ4n) is 1.38. The van der Waals surface area contributed by atoms with Gasteiger partial charge in [0.1, 0.15) is 6.04 Å². The van der Waals surface area contributed by atoms with Crippen molar-refractivity contribution in [2.24, 2.45) is 5.92 Å². The van der Waals surface area contributed by atoms with Gasteiger partial charge in [-0.3, -0.25) is 0 Å². The number of rotatable bonds is 7. The Labute approximate surface area is 107 Å². The van der Waals surface area contributed by atoms with Gasteiger partial charge in [0.15, 0.2) is 0 Å². The Balaban J connectivity index is 4.27. The average molecular weight is 262 g/mol. The highest BCUT2D eigenvalue weighted by Gasteiger charge is 2.25. The normalized spacial score (nSPS) is 15.8. The van der Waals surface area contributed by atoms with Gasteiger partial charge in [-0.15, -0.1) is 0 Å². The number of carbonyl (C=O) groups is 2. The second kappa shape index (κ2) is 8.22. The topological polar surface area (TPSA) is 78.4 Å². The molecule has 0 saturated heterocycles. The monoisotopic (exact) mass is 262 g/mol. The van der Waals surface area contributed by atoms with Gasteiger partial charge in [0.2, 0.25) is 0 Å². The van der Waals surface area contributed by atoms with Gasteiger partial charge < -0.3 is 15.7 Å². The van der Waals surface area contributed by atoms with Gasteiger partial charge in [-0.05, 0) is 19.1 Å². The van der Waals surface area contributed by atoms with Crippen molar-refractivity contribution in [3.8, 4) is 0 Å². The molecule has 5 nitrogen and oxygen atoms in total. The molecule has 2 amide bonds. The van der Waals surface area contributed by atoms with E-state index in [4.69, 9.17) is 5.11 Å². The first kappa shape index (κ1) is 16.1. The lowest BCUT2D eigenvalue weighted by atomic mass is 9.99. The van der Waals surface area contributed by atoms with E-state index in [1.54, 1.807) is 11.8 Å². The lowest BCUT2D eigenvalue weighted by molar-refractivity contribution is -0.140. The molecule has 0 fully saturated rings. The first-order chi connectivity index (χ1) is 7.92. The smallest absolute Gasteiger partial charge is 0.326 e. The molecule has 0 aliphatic rings. The van der Waals surface area contributed by atoms with Crippen LogP contribution in [0.5, 0.6) is 0 Å². The fourth-order valence-corrected chi connectivity index (χ4v) is 1.96. The van der Waals surface area contributed by atoms with E-state index in [9.17, 15) is 9.59 Å². The Kier molecular flexibility index (Phi) is 7.78. The Morgan fingerprint density at radius 2 is 1.88 bits per heavy atom. The second-order valence-electron chi connectivity index (χ2n) is 4.18. The van der Waals surface area contributed by atoms with E-state index < -0.39 is 18.0 Å². The Hall–Kier alpha value is -0.910. The fraction of sp³-hybridized carbons (Fsp3) is 0.818. The maximum Gasteiger partial charge on any atom is 0.326 e. The molecule has 0 bridgehead atoms. The van der Waals surface area contributed by atoms with Gasteiger partial charge >= 0.3 is 12.0 Å². The van der Waals surface area contributed by atoms with Crippen LogP contribution in [0.3, 0.4) is 0 Å². The summed E-state index contributed by atoms with van der Waals surface area (Å²) >= 11 is 1.63. The molecule has 3 N–H and O–H groups in total. The zero-order valence-corrected chi connectivity index (χ0v) is 11.6. The van der Waals surface area contributed by atoms with E-state index in [0.717, 1.165) is 5.75 Å². The van der Waals surface area contributed by atoms with Crippen molar-refractivity contribution in [3.05, 3.63) is 0 Å². The average Bonchev–Trinajstić information content (AvgIpc) is 2.24. The largest absolute Gasteiger partial charge is 0.480 e. The van der Waals surface area contributed by atoms with E-state index in [1.165, 1.54) is 0 Å². The molecule has 0 saturated carbocycles. The summed E-state index contributed by atoms with van der Waals surface area (Å²) in [7, 11) is 0. The van der Waals surface area contributed by atoms with Crippen LogP contribution in [0, 0.1) is 5.92 Å². The van der Waals surface area contributed by atoms with Crippen molar-refractivity contribution in [1.29, 1.82) is 0 Å². The Morgan fingerprint density at radius 1 is 1.29 bits per heavy atom. The van der Waals surface area contributed by atoms with E-state index in [2.05, 4.69) is 10.6 Å². The van der Waals surface area contributed by atoms with Crippen molar-refractivity contribution in [1.82, 2.24) is 10.6 Å². The summed E-state index contributed by atoms with van der Waals surface area (Å²) in [5, 5.41) is 14.2. The van der Waals surface area contributed by atoms with Gasteiger partial charge in [-0.25, -0.2) is 9.59 Å². The van der Waals surface area contributed by atoms with Crippen LogP contribution in [0.15, 0.2) is 0 Å². The van der Waals surface area contributed by atoms with E-state index in [1.807, 2.05) is 27.0 Å². The number of hydrogen-bond acceptors (Lipinski definition) is 3. The van der Waals surface area contributed by atoms with Crippen molar-refractivity contribution in [2.75, 3.05) is 12.0 Å². The minimum atomic E-state index is -0.994. The van der Waals surface area contributed by atoms with Crippen molar-refractivity contribution >= 4 is 23.8 Å². The van der Waals surface area contributed by atoms with Gasteiger partial charge in [0.25, 0.3) is 0 Å². The van der Waals surface area contributed by atoms with Crippen LogP contribution in [0.25, 0.3) is 0 Å². The highest BCUT2D eigenvalue weighted by Crippen LogP contribution is 2.07. The van der Waals surface area contributed by atoms with E-state index in [0.29, 0.717) is 6.42 Å². The lowest BCUT2D eigenvalue weighted by Gasteiger charge is -2.21. The van der Waals surface area contributed by atoms with Crippen LogP contribution in [0.1, 0.15) is 27.2 Å². The molecule has 0 aromatic heterocycles. The lowest BCUT2D eigenvalue weighted by Crippen LogP contribution is -2.51. The minimum absolute atomic E-state index is 0.0244. The third-order valence-corrected chi connectivity index (χ3v) is 3.39. The zero-order valence-electron chi connectivity index (χ0n) is 10.8. The molecule has 0 spiro atoms. The SMILES string of the molecule is CC[C@H](C)[C@H](NC(=O)NC(C)CSC)C(=O)O. The van der Waals surface area contributed by atoms with Crippen LogP contribution in [-0.2, 0) is 4.79 Å². The quantitative estimate of drug-likeness (QED) is 0.650. The van der Waals surface area contributed by atoms with Crippen LogP contribution in [0.2, 0.25) is 0 Å². The van der Waals surface area contributed by atoms with Crippen LogP contribution in [-0.4, -0.2) is 41.2 Å². The predicted molar refractivity (Wildman–Crippen MR) is 70.4 cm³/mol. The van der Waals surface area contributed by atoms with Crippen molar-refractivity contribution in [3.63, 3.8) is 0 Å². The molecule has 0 aliphatic carbocycles. The number of thioether (sulfide) groups is 1.